The monoisotopic (exact) mass is 381 g/mol. The van der Waals surface area contributed by atoms with E-state index in [9.17, 15) is 4.79 Å². The van der Waals surface area contributed by atoms with Gasteiger partial charge in [0.2, 0.25) is 5.95 Å². The van der Waals surface area contributed by atoms with Gasteiger partial charge in [-0.25, -0.2) is 4.68 Å². The molecule has 1 atom stereocenters. The van der Waals surface area contributed by atoms with Gasteiger partial charge in [0.25, 0.3) is 5.91 Å². The van der Waals surface area contributed by atoms with Crippen molar-refractivity contribution in [3.05, 3.63) is 96.0 Å². The van der Waals surface area contributed by atoms with E-state index in [0.717, 1.165) is 27.7 Å². The Morgan fingerprint density at radius 1 is 1.00 bits per heavy atom. The molecule has 29 heavy (non-hydrogen) atoms. The Balaban J connectivity index is 1.67. The summed E-state index contributed by atoms with van der Waals surface area (Å²) in [4.78, 5) is 17.7. The molecule has 4 aromatic rings. The first-order valence-electron chi connectivity index (χ1n) is 9.44. The summed E-state index contributed by atoms with van der Waals surface area (Å²) in [6.45, 7) is 1.90. The number of carbonyl (C=O) groups excluding carboxylic acids is 1. The number of anilines is 2. The first-order valence-corrected chi connectivity index (χ1v) is 9.44. The van der Waals surface area contributed by atoms with Crippen molar-refractivity contribution in [1.82, 2.24) is 14.8 Å². The number of carbonyl (C=O) groups is 1. The third kappa shape index (κ3) is 2.95. The van der Waals surface area contributed by atoms with Gasteiger partial charge in [-0.2, -0.15) is 10.1 Å². The van der Waals surface area contributed by atoms with E-state index < -0.39 is 0 Å². The molecule has 0 radical (unpaired) electrons. The van der Waals surface area contributed by atoms with Gasteiger partial charge in [-0.15, -0.1) is 0 Å². The number of hydrogen-bond acceptors (Lipinski definition) is 4. The molecule has 0 saturated carbocycles. The number of rotatable bonds is 3. The number of allylic oxidation sites excluding steroid dienone is 1. The van der Waals surface area contributed by atoms with Crippen LogP contribution >= 0.6 is 0 Å². The highest BCUT2D eigenvalue weighted by Crippen LogP contribution is 2.38. The van der Waals surface area contributed by atoms with Crippen LogP contribution in [0.4, 0.5) is 11.6 Å². The van der Waals surface area contributed by atoms with E-state index in [1.807, 2.05) is 61.5 Å². The Hall–Kier alpha value is -3.93. The normalized spacial score (nSPS) is 15.7. The molecule has 3 aromatic carbocycles. The van der Waals surface area contributed by atoms with Gasteiger partial charge < -0.3 is 10.6 Å². The Kier molecular flexibility index (Phi) is 4.09. The molecule has 0 bridgehead atoms. The number of nitrogens with zero attached hydrogens (tertiary/aromatic N) is 3. The van der Waals surface area contributed by atoms with Crippen molar-refractivity contribution in [2.24, 2.45) is 0 Å². The molecule has 1 amide bonds. The number of benzene rings is 3. The number of amides is 1. The van der Waals surface area contributed by atoms with Crippen molar-refractivity contribution in [2.75, 3.05) is 10.6 Å². The number of aromatic nitrogens is 3. The van der Waals surface area contributed by atoms with Gasteiger partial charge in [-0.05, 0) is 35.4 Å². The largest absolute Gasteiger partial charge is 0.328 e. The maximum atomic E-state index is 13.4. The summed E-state index contributed by atoms with van der Waals surface area (Å²) in [5.74, 6) is 0.456. The molecule has 0 fully saturated rings. The molecule has 0 spiro atoms. The lowest BCUT2D eigenvalue weighted by Crippen LogP contribution is -2.31. The fourth-order valence-corrected chi connectivity index (χ4v) is 3.88. The van der Waals surface area contributed by atoms with E-state index in [4.69, 9.17) is 0 Å². The lowest BCUT2D eigenvalue weighted by molar-refractivity contribution is -0.113. The Bertz CT molecular complexity index is 1240. The minimum absolute atomic E-state index is 0.166. The van der Waals surface area contributed by atoms with Crippen LogP contribution < -0.4 is 10.6 Å². The summed E-state index contributed by atoms with van der Waals surface area (Å²) in [5.41, 5.74) is 3.13. The van der Waals surface area contributed by atoms with E-state index in [1.54, 1.807) is 4.68 Å². The standard InChI is InChI=1S/C23H19N5O/c1-15-20(22(29)27-17-10-3-2-4-11-17)21(28-23(26-15)24-14-25-28)19-13-7-9-16-8-5-6-12-18(16)19/h2-14,21H,1H3,(H,27,29)(H,24,25,26). The van der Waals surface area contributed by atoms with E-state index >= 15 is 0 Å². The van der Waals surface area contributed by atoms with Crippen LogP contribution in [0.1, 0.15) is 18.5 Å². The lowest BCUT2D eigenvalue weighted by atomic mass is 9.91. The summed E-state index contributed by atoms with van der Waals surface area (Å²) >= 11 is 0. The molecule has 142 valence electrons. The summed E-state index contributed by atoms with van der Waals surface area (Å²) in [7, 11) is 0. The predicted molar refractivity (Wildman–Crippen MR) is 114 cm³/mol. The first-order chi connectivity index (χ1) is 14.2. The van der Waals surface area contributed by atoms with Gasteiger partial charge >= 0.3 is 0 Å². The first kappa shape index (κ1) is 17.2. The summed E-state index contributed by atoms with van der Waals surface area (Å²) < 4.78 is 1.77. The molecule has 0 saturated heterocycles. The Morgan fingerprint density at radius 3 is 2.62 bits per heavy atom. The molecular formula is C23H19N5O. The molecule has 2 N–H and O–H groups in total. The molecule has 2 heterocycles. The van der Waals surface area contributed by atoms with Crippen LogP contribution in [0.15, 0.2) is 90.4 Å². The zero-order valence-electron chi connectivity index (χ0n) is 15.8. The van der Waals surface area contributed by atoms with Crippen molar-refractivity contribution in [3.63, 3.8) is 0 Å². The van der Waals surface area contributed by atoms with E-state index in [2.05, 4.69) is 38.9 Å². The third-order valence-electron chi connectivity index (χ3n) is 5.19. The maximum Gasteiger partial charge on any atom is 0.255 e. The van der Waals surface area contributed by atoms with E-state index in [-0.39, 0.29) is 11.9 Å². The van der Waals surface area contributed by atoms with Crippen molar-refractivity contribution >= 4 is 28.3 Å². The SMILES string of the molecule is CC1=C(C(=O)Nc2ccccc2)C(c2cccc3ccccc23)n2ncnc2N1. The van der Waals surface area contributed by atoms with Crippen molar-refractivity contribution in [3.8, 4) is 0 Å². The highest BCUT2D eigenvalue weighted by molar-refractivity contribution is 6.06. The number of fused-ring (bicyclic) bond motifs is 2. The quantitative estimate of drug-likeness (QED) is 0.553. The van der Waals surface area contributed by atoms with Gasteiger partial charge in [0.15, 0.2) is 0 Å². The van der Waals surface area contributed by atoms with Crippen molar-refractivity contribution in [2.45, 2.75) is 13.0 Å². The molecule has 6 nitrogen and oxygen atoms in total. The minimum Gasteiger partial charge on any atom is -0.328 e. The molecule has 6 heteroatoms. The van der Waals surface area contributed by atoms with Crippen LogP contribution in [-0.2, 0) is 4.79 Å². The molecule has 5 rings (SSSR count). The van der Waals surface area contributed by atoms with Crippen molar-refractivity contribution < 1.29 is 4.79 Å². The summed E-state index contributed by atoms with van der Waals surface area (Å²) in [6, 6.07) is 23.4. The Labute approximate surface area is 167 Å². The average Bonchev–Trinajstić information content (AvgIpc) is 3.21. The predicted octanol–water partition coefficient (Wildman–Crippen LogP) is 4.36. The van der Waals surface area contributed by atoms with Gasteiger partial charge in [0.05, 0.1) is 5.57 Å². The van der Waals surface area contributed by atoms with Crippen molar-refractivity contribution in [1.29, 1.82) is 0 Å². The number of hydrogen-bond donors (Lipinski definition) is 2. The number of nitrogens with one attached hydrogen (secondary N) is 2. The smallest absolute Gasteiger partial charge is 0.255 e. The van der Waals surface area contributed by atoms with Gasteiger partial charge in [0.1, 0.15) is 12.4 Å². The van der Waals surface area contributed by atoms with Crippen LogP contribution in [0.5, 0.6) is 0 Å². The zero-order chi connectivity index (χ0) is 19.8. The van der Waals surface area contributed by atoms with E-state index in [0.29, 0.717) is 11.5 Å². The maximum absolute atomic E-state index is 13.4. The fraction of sp³-hybridized carbons (Fsp3) is 0.0870. The van der Waals surface area contributed by atoms with Gasteiger partial charge in [-0.1, -0.05) is 60.7 Å². The molecule has 1 unspecified atom stereocenters. The highest BCUT2D eigenvalue weighted by Gasteiger charge is 2.34. The van der Waals surface area contributed by atoms with Crippen LogP contribution in [-0.4, -0.2) is 20.7 Å². The van der Waals surface area contributed by atoms with E-state index in [1.165, 1.54) is 6.33 Å². The number of para-hydroxylation sites is 1. The van der Waals surface area contributed by atoms with Crippen LogP contribution in [0.3, 0.4) is 0 Å². The second-order valence-corrected chi connectivity index (χ2v) is 6.98. The summed E-state index contributed by atoms with van der Waals surface area (Å²) in [6.07, 6.45) is 1.51. The summed E-state index contributed by atoms with van der Waals surface area (Å²) in [5, 5.41) is 12.9. The fourth-order valence-electron chi connectivity index (χ4n) is 3.88. The molecule has 1 aromatic heterocycles. The zero-order valence-corrected chi connectivity index (χ0v) is 15.8. The molecule has 1 aliphatic rings. The minimum atomic E-state index is -0.386. The van der Waals surface area contributed by atoms with Crippen LogP contribution in [0.25, 0.3) is 10.8 Å². The lowest BCUT2D eigenvalue weighted by Gasteiger charge is -2.29. The highest BCUT2D eigenvalue weighted by atomic mass is 16.1. The van der Waals surface area contributed by atoms with Crippen LogP contribution in [0.2, 0.25) is 0 Å². The topological polar surface area (TPSA) is 71.8 Å². The average molecular weight is 381 g/mol. The Morgan fingerprint density at radius 2 is 1.76 bits per heavy atom. The van der Waals surface area contributed by atoms with Gasteiger partial charge in [0, 0.05) is 11.4 Å². The third-order valence-corrected chi connectivity index (χ3v) is 5.19. The molecular weight excluding hydrogens is 362 g/mol. The second-order valence-electron chi connectivity index (χ2n) is 6.98. The molecule has 0 aliphatic carbocycles. The molecule has 1 aliphatic heterocycles. The van der Waals surface area contributed by atoms with Crippen LogP contribution in [0, 0.1) is 0 Å². The second kappa shape index (κ2) is 6.91. The van der Waals surface area contributed by atoms with Gasteiger partial charge in [-0.3, -0.25) is 4.79 Å².